The number of phenolic OH excluding ortho intramolecular Hbond substituents is 4. The van der Waals surface area contributed by atoms with Gasteiger partial charge in [-0.05, 0) is 46.2 Å². The second kappa shape index (κ2) is 5.34. The molecule has 0 aliphatic carbocycles. The quantitative estimate of drug-likeness (QED) is 0.223. The van der Waals surface area contributed by atoms with Crippen LogP contribution in [0.4, 0.5) is 0 Å². The Kier molecular flexibility index (Phi) is 3.53. The van der Waals surface area contributed by atoms with Crippen LogP contribution in [-0.2, 0) is 10.8 Å². The van der Waals surface area contributed by atoms with Crippen molar-refractivity contribution in [2.45, 2.75) is 52.4 Å². The van der Waals surface area contributed by atoms with Gasteiger partial charge < -0.3 is 20.4 Å². The first-order valence-electron chi connectivity index (χ1n) is 9.45. The van der Waals surface area contributed by atoms with E-state index in [1.807, 2.05) is 65.8 Å². The van der Waals surface area contributed by atoms with Crippen molar-refractivity contribution < 1.29 is 20.4 Å². The lowest BCUT2D eigenvalue weighted by molar-refractivity contribution is 0.410. The fraction of sp³-hybridized carbons (Fsp3) is 0.333. The zero-order valence-corrected chi connectivity index (χ0v) is 17.1. The molecule has 0 saturated carbocycles. The third-order valence-corrected chi connectivity index (χ3v) is 5.73. The van der Waals surface area contributed by atoms with E-state index in [9.17, 15) is 20.4 Å². The van der Waals surface area contributed by atoms with E-state index in [1.165, 1.54) is 0 Å². The minimum atomic E-state index is -0.242. The van der Waals surface area contributed by atoms with Gasteiger partial charge in [0.05, 0.1) is 0 Å². The molecular weight excluding hydrogens is 352 g/mol. The van der Waals surface area contributed by atoms with Gasteiger partial charge in [0.2, 0.25) is 0 Å². The molecule has 4 rings (SSSR count). The normalized spacial score (nSPS) is 13.2. The van der Waals surface area contributed by atoms with Gasteiger partial charge in [0.1, 0.15) is 0 Å². The lowest BCUT2D eigenvalue weighted by Crippen LogP contribution is -2.12. The monoisotopic (exact) mass is 378 g/mol. The molecule has 28 heavy (non-hydrogen) atoms. The first kappa shape index (κ1) is 18.5. The van der Waals surface area contributed by atoms with Crippen LogP contribution >= 0.6 is 0 Å². The molecule has 0 radical (unpaired) electrons. The highest BCUT2D eigenvalue weighted by molar-refractivity contribution is 6.29. The summed E-state index contributed by atoms with van der Waals surface area (Å²) in [5.41, 5.74) is 1.29. The molecule has 0 atom stereocenters. The molecule has 4 heteroatoms. The maximum absolute atomic E-state index is 10.8. The maximum Gasteiger partial charge on any atom is 0.166 e. The van der Waals surface area contributed by atoms with Gasteiger partial charge in [0, 0.05) is 32.3 Å². The van der Waals surface area contributed by atoms with Crippen LogP contribution in [0.5, 0.6) is 23.0 Å². The molecule has 0 aromatic heterocycles. The first-order chi connectivity index (χ1) is 12.8. The lowest BCUT2D eigenvalue weighted by Gasteiger charge is -2.25. The van der Waals surface area contributed by atoms with Gasteiger partial charge >= 0.3 is 0 Å². The smallest absolute Gasteiger partial charge is 0.166 e. The Balaban J connectivity index is 2.35. The molecule has 4 aromatic carbocycles. The van der Waals surface area contributed by atoms with Crippen molar-refractivity contribution in [2.24, 2.45) is 0 Å². The average Bonchev–Trinajstić information content (AvgIpc) is 2.60. The summed E-state index contributed by atoms with van der Waals surface area (Å²) in [5.74, 6) is -0.829. The van der Waals surface area contributed by atoms with Crippen molar-refractivity contribution in [1.82, 2.24) is 0 Å². The summed E-state index contributed by atoms with van der Waals surface area (Å²) in [5, 5.41) is 46.4. The van der Waals surface area contributed by atoms with Crippen molar-refractivity contribution in [3.8, 4) is 23.0 Å². The third kappa shape index (κ3) is 2.37. The van der Waals surface area contributed by atoms with Crippen molar-refractivity contribution in [1.29, 1.82) is 0 Å². The molecule has 146 valence electrons. The highest BCUT2D eigenvalue weighted by atomic mass is 16.3. The lowest BCUT2D eigenvalue weighted by atomic mass is 9.80. The second-order valence-corrected chi connectivity index (χ2v) is 9.79. The zero-order valence-electron chi connectivity index (χ0n) is 17.1. The number of rotatable bonds is 0. The predicted octanol–water partition coefficient (Wildman–Crippen LogP) is 6.00. The van der Waals surface area contributed by atoms with Gasteiger partial charge in [-0.2, -0.15) is 0 Å². The summed E-state index contributed by atoms with van der Waals surface area (Å²) in [6.07, 6.45) is 0. The van der Waals surface area contributed by atoms with Crippen LogP contribution in [0.3, 0.4) is 0 Å². The Morgan fingerprint density at radius 1 is 0.464 bits per heavy atom. The minimum absolute atomic E-state index is 0.207. The Bertz CT molecular complexity index is 1080. The largest absolute Gasteiger partial charge is 0.504 e. The van der Waals surface area contributed by atoms with Gasteiger partial charge in [0.15, 0.2) is 23.0 Å². The van der Waals surface area contributed by atoms with Gasteiger partial charge in [-0.25, -0.2) is 0 Å². The molecule has 0 bridgehead atoms. The molecule has 0 amide bonds. The van der Waals surface area contributed by atoms with Crippen LogP contribution in [0.25, 0.3) is 32.3 Å². The average molecular weight is 378 g/mol. The van der Waals surface area contributed by atoms with E-state index >= 15 is 0 Å². The molecule has 0 aliphatic heterocycles. The molecule has 0 unspecified atom stereocenters. The van der Waals surface area contributed by atoms with Crippen molar-refractivity contribution in [3.63, 3.8) is 0 Å². The Hall–Kier alpha value is -2.88. The van der Waals surface area contributed by atoms with Gasteiger partial charge in [0.25, 0.3) is 0 Å². The summed E-state index contributed by atoms with van der Waals surface area (Å²) in [7, 11) is 0. The summed E-state index contributed by atoms with van der Waals surface area (Å²) >= 11 is 0. The van der Waals surface area contributed by atoms with Crippen LogP contribution in [-0.4, -0.2) is 20.4 Å². The first-order valence-corrected chi connectivity index (χ1v) is 9.45. The van der Waals surface area contributed by atoms with Gasteiger partial charge in [-0.3, -0.25) is 0 Å². The van der Waals surface area contributed by atoms with E-state index in [4.69, 9.17) is 0 Å². The fourth-order valence-electron chi connectivity index (χ4n) is 3.95. The number of benzene rings is 4. The Morgan fingerprint density at radius 3 is 0.857 bits per heavy atom. The molecule has 4 N–H and O–H groups in total. The molecule has 0 aliphatic rings. The molecular formula is C24H26O4. The molecule has 0 heterocycles. The summed E-state index contributed by atoms with van der Waals surface area (Å²) in [6, 6.07) is 7.41. The fourth-order valence-corrected chi connectivity index (χ4v) is 3.95. The number of aromatic hydroxyl groups is 4. The zero-order chi connectivity index (χ0) is 20.8. The SMILES string of the molecule is CC(C)(C)c1cc2c(O)c(O)c3cc(C(C)(C)C)cc4c(O)c(O)c(c1)c2c34. The van der Waals surface area contributed by atoms with Crippen molar-refractivity contribution in [2.75, 3.05) is 0 Å². The van der Waals surface area contributed by atoms with E-state index < -0.39 is 0 Å². The predicted molar refractivity (Wildman–Crippen MR) is 114 cm³/mol. The Morgan fingerprint density at radius 2 is 0.679 bits per heavy atom. The maximum atomic E-state index is 10.8. The van der Waals surface area contributed by atoms with Crippen LogP contribution in [0.1, 0.15) is 52.7 Å². The van der Waals surface area contributed by atoms with Crippen LogP contribution in [0, 0.1) is 0 Å². The second-order valence-electron chi connectivity index (χ2n) is 9.79. The van der Waals surface area contributed by atoms with E-state index in [-0.39, 0.29) is 33.8 Å². The summed E-state index contributed by atoms with van der Waals surface area (Å²) < 4.78 is 0. The van der Waals surface area contributed by atoms with E-state index in [0.29, 0.717) is 32.3 Å². The third-order valence-electron chi connectivity index (χ3n) is 5.73. The highest BCUT2D eigenvalue weighted by Gasteiger charge is 2.27. The summed E-state index contributed by atoms with van der Waals surface area (Å²) in [6.45, 7) is 12.2. The van der Waals surface area contributed by atoms with Crippen molar-refractivity contribution in [3.05, 3.63) is 35.4 Å². The van der Waals surface area contributed by atoms with Gasteiger partial charge in [-0.15, -0.1) is 0 Å². The number of phenols is 4. The minimum Gasteiger partial charge on any atom is -0.504 e. The highest BCUT2D eigenvalue weighted by Crippen LogP contribution is 2.53. The molecule has 0 saturated heterocycles. The van der Waals surface area contributed by atoms with Gasteiger partial charge in [-0.1, -0.05) is 41.5 Å². The molecule has 4 nitrogen and oxygen atoms in total. The topological polar surface area (TPSA) is 80.9 Å². The van der Waals surface area contributed by atoms with E-state index in [0.717, 1.165) is 11.1 Å². The van der Waals surface area contributed by atoms with Crippen LogP contribution in [0.2, 0.25) is 0 Å². The Labute approximate surface area is 164 Å². The molecule has 0 spiro atoms. The van der Waals surface area contributed by atoms with Crippen molar-refractivity contribution >= 4 is 32.3 Å². The number of hydrogen-bond acceptors (Lipinski definition) is 4. The summed E-state index contributed by atoms with van der Waals surface area (Å²) in [4.78, 5) is 0. The number of hydrogen-bond donors (Lipinski definition) is 4. The van der Waals surface area contributed by atoms with E-state index in [1.54, 1.807) is 0 Å². The van der Waals surface area contributed by atoms with E-state index in [2.05, 4.69) is 0 Å². The molecule has 0 fully saturated rings. The standard InChI is InChI=1S/C24H26O4/c1-23(2,3)11-7-13-17-14(8-11)20(26)22(28)16-10-12(24(4,5)6)9-15(18(16)17)21(27)19(13)25/h7-10,25-28H,1-6H3. The van der Waals surface area contributed by atoms with Crippen LogP contribution in [0.15, 0.2) is 24.3 Å². The molecule has 4 aromatic rings. The van der Waals surface area contributed by atoms with Crippen LogP contribution < -0.4 is 0 Å².